The Balaban J connectivity index is 2.12. The quantitative estimate of drug-likeness (QED) is 0.831. The molecule has 1 aromatic carbocycles. The molecule has 0 saturated carbocycles. The van der Waals surface area contributed by atoms with Crippen LogP contribution in [-0.2, 0) is 18.9 Å². The minimum absolute atomic E-state index is 0.134. The van der Waals surface area contributed by atoms with Gasteiger partial charge in [-0.05, 0) is 24.1 Å². The highest BCUT2D eigenvalue weighted by Crippen LogP contribution is 2.26. The van der Waals surface area contributed by atoms with Crippen LogP contribution in [0.1, 0.15) is 24.7 Å². The van der Waals surface area contributed by atoms with E-state index in [0.717, 1.165) is 23.7 Å². The molecule has 1 heterocycles. The van der Waals surface area contributed by atoms with Gasteiger partial charge < -0.3 is 9.67 Å². The molecule has 0 saturated heterocycles. The maximum absolute atomic E-state index is 13.0. The van der Waals surface area contributed by atoms with Gasteiger partial charge >= 0.3 is 0 Å². The average Bonchev–Trinajstić information content (AvgIpc) is 2.81. The number of halogens is 2. The summed E-state index contributed by atoms with van der Waals surface area (Å²) in [5, 5.41) is 18.4. The smallest absolute Gasteiger partial charge is 0.191 e. The standard InChI is InChI=1S/C13H15ClFN3OS/c1-2-5-18-12(7-19)16-17-13(18)20-8-9-3-4-10(15)6-11(9)14/h3-4,6,19H,2,5,7-8H2,1H3. The number of aromatic nitrogens is 3. The Kier molecular flexibility index (Phi) is 5.39. The topological polar surface area (TPSA) is 50.9 Å². The van der Waals surface area contributed by atoms with E-state index in [2.05, 4.69) is 10.2 Å². The van der Waals surface area contributed by atoms with E-state index in [1.165, 1.54) is 23.9 Å². The molecule has 0 aliphatic carbocycles. The van der Waals surface area contributed by atoms with Crippen LogP contribution in [0, 0.1) is 5.82 Å². The van der Waals surface area contributed by atoms with Gasteiger partial charge in [-0.15, -0.1) is 10.2 Å². The highest BCUT2D eigenvalue weighted by atomic mass is 35.5. The van der Waals surface area contributed by atoms with Gasteiger partial charge in [0.1, 0.15) is 12.4 Å². The van der Waals surface area contributed by atoms with Crippen molar-refractivity contribution in [3.05, 3.63) is 40.4 Å². The summed E-state index contributed by atoms with van der Waals surface area (Å²) in [6, 6.07) is 4.35. The Morgan fingerprint density at radius 2 is 2.20 bits per heavy atom. The lowest BCUT2D eigenvalue weighted by atomic mass is 10.2. The molecule has 0 amide bonds. The second-order valence-corrected chi connectivity index (χ2v) is 5.58. The molecule has 0 atom stereocenters. The predicted molar refractivity (Wildman–Crippen MR) is 77.2 cm³/mol. The number of benzene rings is 1. The third-order valence-corrected chi connectivity index (χ3v) is 4.12. The number of nitrogens with zero attached hydrogens (tertiary/aromatic N) is 3. The summed E-state index contributed by atoms with van der Waals surface area (Å²) in [6.07, 6.45) is 0.926. The van der Waals surface area contributed by atoms with Crippen molar-refractivity contribution in [2.75, 3.05) is 0 Å². The highest BCUT2D eigenvalue weighted by Gasteiger charge is 2.12. The van der Waals surface area contributed by atoms with Gasteiger partial charge in [-0.3, -0.25) is 0 Å². The molecule has 0 aliphatic rings. The molecule has 7 heteroatoms. The van der Waals surface area contributed by atoms with E-state index in [1.807, 2.05) is 11.5 Å². The van der Waals surface area contributed by atoms with Gasteiger partial charge in [0, 0.05) is 17.3 Å². The highest BCUT2D eigenvalue weighted by molar-refractivity contribution is 7.98. The van der Waals surface area contributed by atoms with Gasteiger partial charge in [-0.1, -0.05) is 36.4 Å². The van der Waals surface area contributed by atoms with E-state index in [0.29, 0.717) is 16.6 Å². The first-order valence-electron chi connectivity index (χ1n) is 6.25. The molecule has 0 unspecified atom stereocenters. The molecule has 0 aliphatic heterocycles. The molecule has 0 fully saturated rings. The first-order chi connectivity index (χ1) is 9.65. The number of rotatable bonds is 6. The molecule has 0 radical (unpaired) electrons. The molecule has 4 nitrogen and oxygen atoms in total. The van der Waals surface area contributed by atoms with Crippen molar-refractivity contribution < 1.29 is 9.50 Å². The number of aliphatic hydroxyl groups is 1. The van der Waals surface area contributed by atoms with E-state index in [4.69, 9.17) is 11.6 Å². The van der Waals surface area contributed by atoms with Crippen LogP contribution in [0.4, 0.5) is 4.39 Å². The van der Waals surface area contributed by atoms with Gasteiger partial charge in [-0.2, -0.15) is 0 Å². The van der Waals surface area contributed by atoms with Crippen molar-refractivity contribution in [2.45, 2.75) is 37.4 Å². The van der Waals surface area contributed by atoms with Crippen molar-refractivity contribution in [3.8, 4) is 0 Å². The summed E-state index contributed by atoms with van der Waals surface area (Å²) in [7, 11) is 0. The van der Waals surface area contributed by atoms with Gasteiger partial charge in [0.05, 0.1) is 0 Å². The maximum Gasteiger partial charge on any atom is 0.191 e. The summed E-state index contributed by atoms with van der Waals surface area (Å²) in [6.45, 7) is 2.67. The van der Waals surface area contributed by atoms with Gasteiger partial charge in [0.25, 0.3) is 0 Å². The SMILES string of the molecule is CCCn1c(CO)nnc1SCc1ccc(F)cc1Cl. The summed E-state index contributed by atoms with van der Waals surface area (Å²) in [5.41, 5.74) is 0.842. The van der Waals surface area contributed by atoms with Crippen LogP contribution in [0.2, 0.25) is 5.02 Å². The fraction of sp³-hybridized carbons (Fsp3) is 0.385. The van der Waals surface area contributed by atoms with Crippen molar-refractivity contribution >= 4 is 23.4 Å². The van der Waals surface area contributed by atoms with Crippen molar-refractivity contribution in [2.24, 2.45) is 0 Å². The van der Waals surface area contributed by atoms with Gasteiger partial charge in [-0.25, -0.2) is 4.39 Å². The number of aliphatic hydroxyl groups excluding tert-OH is 1. The molecule has 108 valence electrons. The maximum atomic E-state index is 13.0. The lowest BCUT2D eigenvalue weighted by Gasteiger charge is -2.08. The zero-order chi connectivity index (χ0) is 14.5. The molecule has 0 spiro atoms. The molecule has 1 N–H and O–H groups in total. The van der Waals surface area contributed by atoms with E-state index >= 15 is 0 Å². The number of hydrogen-bond donors (Lipinski definition) is 1. The zero-order valence-corrected chi connectivity index (χ0v) is 12.6. The van der Waals surface area contributed by atoms with E-state index in [9.17, 15) is 9.50 Å². The van der Waals surface area contributed by atoms with Crippen LogP contribution in [0.25, 0.3) is 0 Å². The van der Waals surface area contributed by atoms with Crippen molar-refractivity contribution in [3.63, 3.8) is 0 Å². The monoisotopic (exact) mass is 315 g/mol. The summed E-state index contributed by atoms with van der Waals surface area (Å²) >= 11 is 7.46. The summed E-state index contributed by atoms with van der Waals surface area (Å²) in [5.74, 6) is 0.784. The second-order valence-electron chi connectivity index (χ2n) is 4.23. The number of thioether (sulfide) groups is 1. The molecular formula is C13H15ClFN3OS. The first-order valence-corrected chi connectivity index (χ1v) is 7.61. The third kappa shape index (κ3) is 3.50. The second kappa shape index (κ2) is 7.06. The van der Waals surface area contributed by atoms with Crippen molar-refractivity contribution in [1.82, 2.24) is 14.8 Å². The van der Waals surface area contributed by atoms with Crippen LogP contribution in [0.3, 0.4) is 0 Å². The molecule has 20 heavy (non-hydrogen) atoms. The van der Waals surface area contributed by atoms with Crippen LogP contribution >= 0.6 is 23.4 Å². The van der Waals surface area contributed by atoms with E-state index in [-0.39, 0.29) is 12.4 Å². The molecular weight excluding hydrogens is 301 g/mol. The fourth-order valence-corrected chi connectivity index (χ4v) is 3.07. The lowest BCUT2D eigenvalue weighted by Crippen LogP contribution is -2.04. The minimum Gasteiger partial charge on any atom is -0.388 e. The summed E-state index contributed by atoms with van der Waals surface area (Å²) < 4.78 is 14.9. The predicted octanol–water partition coefficient (Wildman–Crippen LogP) is 3.27. The molecule has 0 bridgehead atoms. The fourth-order valence-electron chi connectivity index (χ4n) is 1.77. The van der Waals surface area contributed by atoms with Crippen LogP contribution in [0.15, 0.2) is 23.4 Å². The summed E-state index contributed by atoms with van der Waals surface area (Å²) in [4.78, 5) is 0. The van der Waals surface area contributed by atoms with E-state index in [1.54, 1.807) is 6.07 Å². The Morgan fingerprint density at radius 3 is 2.85 bits per heavy atom. The zero-order valence-electron chi connectivity index (χ0n) is 11.0. The van der Waals surface area contributed by atoms with Gasteiger partial charge in [0.2, 0.25) is 0 Å². The Bertz CT molecular complexity index is 591. The molecule has 2 aromatic rings. The normalized spacial score (nSPS) is 11.0. The van der Waals surface area contributed by atoms with Crippen molar-refractivity contribution in [1.29, 1.82) is 0 Å². The first kappa shape index (κ1) is 15.3. The third-order valence-electron chi connectivity index (χ3n) is 2.75. The molecule has 2 rings (SSSR count). The Hall–Kier alpha value is -1.11. The van der Waals surface area contributed by atoms with E-state index < -0.39 is 0 Å². The van der Waals surface area contributed by atoms with Crippen LogP contribution < -0.4 is 0 Å². The molecule has 1 aromatic heterocycles. The van der Waals surface area contributed by atoms with Gasteiger partial charge in [0.15, 0.2) is 11.0 Å². The lowest BCUT2D eigenvalue weighted by molar-refractivity contribution is 0.263. The Labute approximate surface area is 126 Å². The minimum atomic E-state index is -0.347. The van der Waals surface area contributed by atoms with Crippen LogP contribution in [-0.4, -0.2) is 19.9 Å². The number of hydrogen-bond acceptors (Lipinski definition) is 4. The Morgan fingerprint density at radius 1 is 1.40 bits per heavy atom. The largest absolute Gasteiger partial charge is 0.388 e. The van der Waals surface area contributed by atoms with Crippen LogP contribution in [0.5, 0.6) is 0 Å². The average molecular weight is 316 g/mol.